The number of benzene rings is 1. The zero-order valence-corrected chi connectivity index (χ0v) is 13.8. The number of unbranched alkanes of at least 4 members (excludes halogenated alkanes) is 6. The van der Waals surface area contributed by atoms with Crippen molar-refractivity contribution in [1.29, 1.82) is 0 Å². The van der Waals surface area contributed by atoms with Gasteiger partial charge >= 0.3 is 0 Å². The van der Waals surface area contributed by atoms with E-state index in [1.165, 1.54) is 50.5 Å². The van der Waals surface area contributed by atoms with Gasteiger partial charge in [-0.15, -0.1) is 0 Å². The summed E-state index contributed by atoms with van der Waals surface area (Å²) in [7, 11) is 0. The van der Waals surface area contributed by atoms with Gasteiger partial charge in [-0.25, -0.2) is 0 Å². The van der Waals surface area contributed by atoms with E-state index in [-0.39, 0.29) is 6.42 Å². The molecule has 0 fully saturated rings. The van der Waals surface area contributed by atoms with Crippen LogP contribution in [0, 0.1) is 0 Å². The normalized spacial score (nSPS) is 10.6. The molecule has 0 unspecified atom stereocenters. The van der Waals surface area contributed by atoms with Crippen LogP contribution >= 0.6 is 0 Å². The molecular formula is C19H29O3-. The average molecular weight is 305 g/mol. The molecule has 0 aliphatic heterocycles. The first kappa shape index (κ1) is 18.5. The number of carboxylic acid groups (broad SMARTS) is 1. The molecule has 1 aromatic carbocycles. The molecule has 0 saturated heterocycles. The van der Waals surface area contributed by atoms with Crippen LogP contribution in [0.5, 0.6) is 5.75 Å². The van der Waals surface area contributed by atoms with Gasteiger partial charge in [-0.1, -0.05) is 57.6 Å². The maximum absolute atomic E-state index is 10.3. The van der Waals surface area contributed by atoms with Crippen LogP contribution in [0.3, 0.4) is 0 Å². The fourth-order valence-electron chi connectivity index (χ4n) is 2.45. The minimum absolute atomic E-state index is 0.0519. The maximum Gasteiger partial charge on any atom is 0.119 e. The largest absolute Gasteiger partial charge is 0.550 e. The van der Waals surface area contributed by atoms with E-state index in [9.17, 15) is 9.90 Å². The fourth-order valence-corrected chi connectivity index (χ4v) is 2.45. The SMILES string of the molecule is CCCCCCCCCc1ccc(OCCCC(=O)[O-])cc1. The van der Waals surface area contributed by atoms with Crippen LogP contribution in [-0.2, 0) is 11.2 Å². The van der Waals surface area contributed by atoms with Crippen molar-refractivity contribution in [2.24, 2.45) is 0 Å². The van der Waals surface area contributed by atoms with E-state index < -0.39 is 5.97 Å². The van der Waals surface area contributed by atoms with Gasteiger partial charge in [-0.3, -0.25) is 0 Å². The molecule has 3 nitrogen and oxygen atoms in total. The molecular weight excluding hydrogens is 276 g/mol. The second-order valence-corrected chi connectivity index (χ2v) is 5.84. The lowest BCUT2D eigenvalue weighted by molar-refractivity contribution is -0.305. The van der Waals surface area contributed by atoms with Gasteiger partial charge in [0.1, 0.15) is 5.75 Å². The molecule has 124 valence electrons. The Morgan fingerprint density at radius 3 is 2.23 bits per heavy atom. The summed E-state index contributed by atoms with van der Waals surface area (Å²) in [5, 5.41) is 10.3. The minimum Gasteiger partial charge on any atom is -0.550 e. The number of carbonyl (C=O) groups excluding carboxylic acids is 1. The maximum atomic E-state index is 10.3. The van der Waals surface area contributed by atoms with Gasteiger partial charge in [0.15, 0.2) is 0 Å². The Labute approximate surface area is 134 Å². The monoisotopic (exact) mass is 305 g/mol. The Hall–Kier alpha value is -1.51. The van der Waals surface area contributed by atoms with Gasteiger partial charge in [0, 0.05) is 5.97 Å². The summed E-state index contributed by atoms with van der Waals surface area (Å²) in [5.74, 6) is -0.213. The lowest BCUT2D eigenvalue weighted by Gasteiger charge is -2.08. The van der Waals surface area contributed by atoms with Crippen molar-refractivity contribution < 1.29 is 14.6 Å². The van der Waals surface area contributed by atoms with Crippen molar-refractivity contribution in [1.82, 2.24) is 0 Å². The Balaban J connectivity index is 2.09. The lowest BCUT2D eigenvalue weighted by Crippen LogP contribution is -2.22. The van der Waals surface area contributed by atoms with E-state index >= 15 is 0 Å². The van der Waals surface area contributed by atoms with Crippen LogP contribution in [-0.4, -0.2) is 12.6 Å². The van der Waals surface area contributed by atoms with Crippen molar-refractivity contribution >= 4 is 5.97 Å². The van der Waals surface area contributed by atoms with E-state index in [2.05, 4.69) is 19.1 Å². The quantitative estimate of drug-likeness (QED) is 0.519. The van der Waals surface area contributed by atoms with Gasteiger partial charge in [0.25, 0.3) is 0 Å². The highest BCUT2D eigenvalue weighted by Crippen LogP contribution is 2.15. The van der Waals surface area contributed by atoms with Crippen molar-refractivity contribution in [2.45, 2.75) is 71.1 Å². The van der Waals surface area contributed by atoms with Crippen LogP contribution in [0.2, 0.25) is 0 Å². The highest BCUT2D eigenvalue weighted by atomic mass is 16.5. The smallest absolute Gasteiger partial charge is 0.119 e. The van der Waals surface area contributed by atoms with Crippen LogP contribution in [0.25, 0.3) is 0 Å². The highest BCUT2D eigenvalue weighted by Gasteiger charge is 1.97. The number of carboxylic acids is 1. The fraction of sp³-hybridized carbons (Fsp3) is 0.632. The Morgan fingerprint density at radius 2 is 1.59 bits per heavy atom. The summed E-state index contributed by atoms with van der Waals surface area (Å²) >= 11 is 0. The number of aliphatic carboxylic acids is 1. The van der Waals surface area contributed by atoms with Crippen LogP contribution < -0.4 is 9.84 Å². The molecule has 0 aliphatic carbocycles. The molecule has 22 heavy (non-hydrogen) atoms. The molecule has 1 aromatic rings. The summed E-state index contributed by atoms with van der Waals surface area (Å²) in [6.45, 7) is 2.67. The molecule has 0 radical (unpaired) electrons. The molecule has 1 rings (SSSR count). The predicted octanol–water partition coefficient (Wildman–Crippen LogP) is 3.89. The molecule has 0 heterocycles. The number of aryl methyl sites for hydroxylation is 1. The Bertz CT molecular complexity index is 398. The highest BCUT2D eigenvalue weighted by molar-refractivity contribution is 5.64. The Kier molecular flexibility index (Phi) is 10.2. The minimum atomic E-state index is -1.02. The summed E-state index contributed by atoms with van der Waals surface area (Å²) in [6.07, 6.45) is 11.0. The van der Waals surface area contributed by atoms with E-state index in [4.69, 9.17) is 4.74 Å². The first-order chi connectivity index (χ1) is 10.7. The molecule has 0 spiro atoms. The number of hydrogen-bond acceptors (Lipinski definition) is 3. The number of rotatable bonds is 13. The second-order valence-electron chi connectivity index (χ2n) is 5.84. The zero-order chi connectivity index (χ0) is 16.0. The molecule has 0 saturated carbocycles. The second kappa shape index (κ2) is 12.1. The van der Waals surface area contributed by atoms with Crippen molar-refractivity contribution in [3.05, 3.63) is 29.8 Å². The summed E-state index contributed by atoms with van der Waals surface area (Å²) in [5.41, 5.74) is 1.34. The predicted molar refractivity (Wildman–Crippen MR) is 87.9 cm³/mol. The van der Waals surface area contributed by atoms with Crippen LogP contribution in [0.1, 0.15) is 70.3 Å². The summed E-state index contributed by atoms with van der Waals surface area (Å²) in [6, 6.07) is 8.14. The summed E-state index contributed by atoms with van der Waals surface area (Å²) < 4.78 is 5.50. The third kappa shape index (κ3) is 9.43. The molecule has 0 atom stereocenters. The van der Waals surface area contributed by atoms with E-state index in [0.717, 1.165) is 12.2 Å². The molecule has 0 bridgehead atoms. The first-order valence-corrected chi connectivity index (χ1v) is 8.64. The topological polar surface area (TPSA) is 49.4 Å². The van der Waals surface area contributed by atoms with Crippen molar-refractivity contribution in [3.8, 4) is 5.75 Å². The Morgan fingerprint density at radius 1 is 0.955 bits per heavy atom. The van der Waals surface area contributed by atoms with Gasteiger partial charge in [0.05, 0.1) is 6.61 Å². The van der Waals surface area contributed by atoms with Crippen LogP contribution in [0.15, 0.2) is 24.3 Å². The molecule has 0 aliphatic rings. The molecule has 3 heteroatoms. The third-order valence-electron chi connectivity index (χ3n) is 3.79. The van der Waals surface area contributed by atoms with Gasteiger partial charge in [0.2, 0.25) is 0 Å². The van der Waals surface area contributed by atoms with Gasteiger partial charge < -0.3 is 14.6 Å². The molecule has 0 N–H and O–H groups in total. The summed E-state index contributed by atoms with van der Waals surface area (Å²) in [4.78, 5) is 10.3. The number of hydrogen-bond donors (Lipinski definition) is 0. The van der Waals surface area contributed by atoms with Gasteiger partial charge in [-0.2, -0.15) is 0 Å². The van der Waals surface area contributed by atoms with E-state index in [1.807, 2.05) is 12.1 Å². The van der Waals surface area contributed by atoms with Crippen molar-refractivity contribution in [3.63, 3.8) is 0 Å². The van der Waals surface area contributed by atoms with E-state index in [0.29, 0.717) is 13.0 Å². The van der Waals surface area contributed by atoms with Crippen molar-refractivity contribution in [2.75, 3.05) is 6.61 Å². The van der Waals surface area contributed by atoms with E-state index in [1.54, 1.807) is 0 Å². The molecule has 0 amide bonds. The third-order valence-corrected chi connectivity index (χ3v) is 3.79. The first-order valence-electron chi connectivity index (χ1n) is 8.64. The standard InChI is InChI=1S/C19H30O3/c1-2-3-4-5-6-7-8-10-17-12-14-18(15-13-17)22-16-9-11-19(20)21/h12-15H,2-11,16H2,1H3,(H,20,21)/p-1. The lowest BCUT2D eigenvalue weighted by atomic mass is 10.0. The van der Waals surface area contributed by atoms with Crippen LogP contribution in [0.4, 0.5) is 0 Å². The number of ether oxygens (including phenoxy) is 1. The van der Waals surface area contributed by atoms with Gasteiger partial charge in [-0.05, 0) is 43.4 Å². The zero-order valence-electron chi connectivity index (χ0n) is 13.8. The molecule has 0 aromatic heterocycles. The average Bonchev–Trinajstić information content (AvgIpc) is 2.52. The number of carbonyl (C=O) groups is 1.